The standard InChI is InChI=1S/C48H90NO8P/c1-6-8-10-12-14-16-18-20-22-24-26-28-30-32-34-36-38-40-47(50)54-44-46(45-56-58(52,53)55-43-42-49(3,4)5)57-48(51)41-39-37-35-33-31-29-27-25-23-21-19-17-15-13-11-9-7-2/h17,19,26,28,32,34,46H,6-16,18,20-25,27,29-31,33,35-45H2,1-5H3/p+1/b19-17+,28-26+,34-32+/t46-/m1/s1. The maximum atomic E-state index is 12.7. The molecule has 0 saturated heterocycles. The Morgan fingerprint density at radius 3 is 1.45 bits per heavy atom. The normalized spacial score (nSPS) is 13.8. The van der Waals surface area contributed by atoms with Crippen molar-refractivity contribution in [1.82, 2.24) is 0 Å². The fourth-order valence-corrected chi connectivity index (χ4v) is 7.14. The van der Waals surface area contributed by atoms with Crippen molar-refractivity contribution in [3.8, 4) is 0 Å². The lowest BCUT2D eigenvalue weighted by atomic mass is 10.1. The highest BCUT2D eigenvalue weighted by atomic mass is 31.2. The highest BCUT2D eigenvalue weighted by Gasteiger charge is 2.27. The minimum atomic E-state index is -4.38. The van der Waals surface area contributed by atoms with Crippen LogP contribution in [0.2, 0.25) is 0 Å². The molecular formula is C48H91NO8P+. The summed E-state index contributed by atoms with van der Waals surface area (Å²) in [6.07, 6.45) is 46.3. The average molecular weight is 841 g/mol. The Kier molecular flexibility index (Phi) is 39.4. The second-order valence-corrected chi connectivity index (χ2v) is 18.6. The van der Waals surface area contributed by atoms with Crippen molar-refractivity contribution >= 4 is 19.8 Å². The number of rotatable bonds is 43. The lowest BCUT2D eigenvalue weighted by Crippen LogP contribution is -2.37. The predicted molar refractivity (Wildman–Crippen MR) is 243 cm³/mol. The van der Waals surface area contributed by atoms with Gasteiger partial charge in [0.2, 0.25) is 0 Å². The maximum Gasteiger partial charge on any atom is 0.472 e. The van der Waals surface area contributed by atoms with E-state index < -0.39 is 32.5 Å². The van der Waals surface area contributed by atoms with Crippen LogP contribution in [0.25, 0.3) is 0 Å². The van der Waals surface area contributed by atoms with E-state index in [2.05, 4.69) is 50.3 Å². The summed E-state index contributed by atoms with van der Waals surface area (Å²) in [4.78, 5) is 35.4. The highest BCUT2D eigenvalue weighted by Crippen LogP contribution is 2.43. The minimum absolute atomic E-state index is 0.0255. The molecule has 0 radical (unpaired) electrons. The number of phosphoric acid groups is 1. The van der Waals surface area contributed by atoms with Gasteiger partial charge >= 0.3 is 19.8 Å². The van der Waals surface area contributed by atoms with Crippen molar-refractivity contribution < 1.29 is 42.1 Å². The molecule has 1 N–H and O–H groups in total. The molecule has 58 heavy (non-hydrogen) atoms. The first-order valence-electron chi connectivity index (χ1n) is 23.7. The molecule has 0 amide bonds. The average Bonchev–Trinajstić information content (AvgIpc) is 3.17. The van der Waals surface area contributed by atoms with Gasteiger partial charge in [-0.2, -0.15) is 0 Å². The van der Waals surface area contributed by atoms with Crippen LogP contribution in [0, 0.1) is 0 Å². The Balaban J connectivity index is 4.37. The summed E-state index contributed by atoms with van der Waals surface area (Å²) in [5.74, 6) is -0.850. The predicted octanol–water partition coefficient (Wildman–Crippen LogP) is 13.7. The summed E-state index contributed by atoms with van der Waals surface area (Å²) in [5.41, 5.74) is 0. The number of hydrogen-bond donors (Lipinski definition) is 1. The van der Waals surface area contributed by atoms with Crippen molar-refractivity contribution in [3.05, 3.63) is 36.5 Å². The van der Waals surface area contributed by atoms with Gasteiger partial charge in [-0.05, 0) is 64.2 Å². The summed E-state index contributed by atoms with van der Waals surface area (Å²) >= 11 is 0. The number of phosphoric ester groups is 1. The SMILES string of the molecule is CCCCCC/C=C/CCCCCCCCCCCC(=O)O[C@H](COC(=O)CCC/C=C/C/C=C/CCCCCCCCCCC)COP(=O)(O)OCC[N+](C)(C)C. The molecule has 0 aliphatic carbocycles. The molecule has 340 valence electrons. The molecule has 0 bridgehead atoms. The summed E-state index contributed by atoms with van der Waals surface area (Å²) in [5, 5.41) is 0. The summed E-state index contributed by atoms with van der Waals surface area (Å²) in [6, 6.07) is 0. The van der Waals surface area contributed by atoms with E-state index in [9.17, 15) is 19.0 Å². The van der Waals surface area contributed by atoms with Crippen LogP contribution in [-0.2, 0) is 32.7 Å². The van der Waals surface area contributed by atoms with Crippen LogP contribution in [0.15, 0.2) is 36.5 Å². The second kappa shape index (κ2) is 40.6. The third-order valence-electron chi connectivity index (χ3n) is 10.1. The molecular weight excluding hydrogens is 750 g/mol. The molecule has 0 aliphatic heterocycles. The van der Waals surface area contributed by atoms with Gasteiger partial charge in [0.15, 0.2) is 6.10 Å². The van der Waals surface area contributed by atoms with Gasteiger partial charge in [0.1, 0.15) is 19.8 Å². The van der Waals surface area contributed by atoms with Gasteiger partial charge in [0, 0.05) is 12.8 Å². The molecule has 0 spiro atoms. The number of unbranched alkanes of at least 4 members (excludes halogenated alkanes) is 23. The first-order valence-corrected chi connectivity index (χ1v) is 25.2. The Labute approximate surface area is 357 Å². The topological polar surface area (TPSA) is 108 Å². The van der Waals surface area contributed by atoms with Crippen molar-refractivity contribution in [2.75, 3.05) is 47.5 Å². The Bertz CT molecular complexity index is 1090. The van der Waals surface area contributed by atoms with Gasteiger partial charge in [-0.3, -0.25) is 18.6 Å². The van der Waals surface area contributed by atoms with E-state index in [0.29, 0.717) is 23.9 Å². The first-order chi connectivity index (χ1) is 28.0. The van der Waals surface area contributed by atoms with E-state index >= 15 is 0 Å². The fourth-order valence-electron chi connectivity index (χ4n) is 6.40. The molecule has 0 heterocycles. The zero-order chi connectivity index (χ0) is 42.8. The number of allylic oxidation sites excluding steroid dienone is 6. The van der Waals surface area contributed by atoms with E-state index in [-0.39, 0.29) is 26.1 Å². The van der Waals surface area contributed by atoms with Crippen molar-refractivity contribution in [2.45, 2.75) is 213 Å². The Morgan fingerprint density at radius 1 is 0.534 bits per heavy atom. The lowest BCUT2D eigenvalue weighted by Gasteiger charge is -2.24. The molecule has 0 aromatic carbocycles. The Morgan fingerprint density at radius 2 is 0.948 bits per heavy atom. The number of hydrogen-bond acceptors (Lipinski definition) is 7. The lowest BCUT2D eigenvalue weighted by molar-refractivity contribution is -0.870. The van der Waals surface area contributed by atoms with Gasteiger partial charge < -0.3 is 18.9 Å². The molecule has 0 aromatic rings. The number of carbonyl (C=O) groups excluding carboxylic acids is 2. The Hall–Kier alpha value is -1.77. The van der Waals surface area contributed by atoms with Gasteiger partial charge in [-0.15, -0.1) is 0 Å². The molecule has 0 aliphatic rings. The van der Waals surface area contributed by atoms with Crippen molar-refractivity contribution in [2.24, 2.45) is 0 Å². The van der Waals surface area contributed by atoms with Crippen molar-refractivity contribution in [1.29, 1.82) is 0 Å². The molecule has 0 fully saturated rings. The summed E-state index contributed by atoms with van der Waals surface area (Å²) in [6.45, 7) is 4.38. The zero-order valence-electron chi connectivity index (χ0n) is 38.3. The van der Waals surface area contributed by atoms with Crippen LogP contribution in [0.3, 0.4) is 0 Å². The number of ether oxygens (including phenoxy) is 2. The van der Waals surface area contributed by atoms with Gasteiger partial charge in [0.05, 0.1) is 27.7 Å². The number of nitrogens with zero attached hydrogens (tertiary/aromatic N) is 1. The smallest absolute Gasteiger partial charge is 0.462 e. The molecule has 10 heteroatoms. The largest absolute Gasteiger partial charge is 0.472 e. The van der Waals surface area contributed by atoms with Crippen LogP contribution in [0.1, 0.15) is 206 Å². The molecule has 0 rings (SSSR count). The molecule has 1 unspecified atom stereocenters. The molecule has 0 aromatic heterocycles. The minimum Gasteiger partial charge on any atom is -0.462 e. The van der Waals surface area contributed by atoms with Gasteiger partial charge in [-0.25, -0.2) is 4.57 Å². The van der Waals surface area contributed by atoms with Crippen LogP contribution in [0.4, 0.5) is 0 Å². The third-order valence-corrected chi connectivity index (χ3v) is 11.1. The number of quaternary nitrogens is 1. The first kappa shape index (κ1) is 56.2. The van der Waals surface area contributed by atoms with Gasteiger partial charge in [0.25, 0.3) is 0 Å². The van der Waals surface area contributed by atoms with Crippen LogP contribution in [-0.4, -0.2) is 74.9 Å². The third kappa shape index (κ3) is 43.8. The molecule has 2 atom stereocenters. The number of carbonyl (C=O) groups is 2. The van der Waals surface area contributed by atoms with E-state index in [0.717, 1.165) is 38.5 Å². The highest BCUT2D eigenvalue weighted by molar-refractivity contribution is 7.47. The van der Waals surface area contributed by atoms with Gasteiger partial charge in [-0.1, -0.05) is 166 Å². The van der Waals surface area contributed by atoms with E-state index in [1.807, 2.05) is 21.1 Å². The quantitative estimate of drug-likeness (QED) is 0.0213. The van der Waals surface area contributed by atoms with Crippen LogP contribution >= 0.6 is 7.82 Å². The fraction of sp³-hybridized carbons (Fsp3) is 0.833. The maximum absolute atomic E-state index is 12.7. The van der Waals surface area contributed by atoms with Crippen LogP contribution in [0.5, 0.6) is 0 Å². The van der Waals surface area contributed by atoms with Crippen molar-refractivity contribution in [3.63, 3.8) is 0 Å². The van der Waals surface area contributed by atoms with Crippen LogP contribution < -0.4 is 0 Å². The van der Waals surface area contributed by atoms with E-state index in [1.165, 1.54) is 128 Å². The number of esters is 2. The summed E-state index contributed by atoms with van der Waals surface area (Å²) in [7, 11) is 1.46. The van der Waals surface area contributed by atoms with E-state index in [4.69, 9.17) is 18.5 Å². The molecule has 0 saturated carbocycles. The monoisotopic (exact) mass is 841 g/mol. The number of likely N-dealkylation sites (N-methyl/N-ethyl adjacent to an activating group) is 1. The summed E-state index contributed by atoms with van der Waals surface area (Å²) < 4.78 is 34.3. The second-order valence-electron chi connectivity index (χ2n) is 17.1. The molecule has 9 nitrogen and oxygen atoms in total. The zero-order valence-corrected chi connectivity index (χ0v) is 39.2. The van der Waals surface area contributed by atoms with E-state index in [1.54, 1.807) is 0 Å².